The first-order valence-electron chi connectivity index (χ1n) is 18.5. The Morgan fingerprint density at radius 1 is 0.875 bits per heavy atom. The molecule has 0 saturated carbocycles. The molecule has 3 aromatic carbocycles. The number of carbonyl (C=O) groups is 1. The van der Waals surface area contributed by atoms with Gasteiger partial charge in [0.25, 0.3) is 0 Å². The van der Waals surface area contributed by atoms with E-state index in [-0.39, 0.29) is 24.7 Å². The molecule has 0 bridgehead atoms. The number of ketones is 1. The van der Waals surface area contributed by atoms with E-state index in [9.17, 15) is 14.1 Å². The number of nitrogens with one attached hydrogen (secondary N) is 2. The van der Waals surface area contributed by atoms with E-state index in [1.165, 1.54) is 0 Å². The highest BCUT2D eigenvalue weighted by Crippen LogP contribution is 2.36. The molecule has 6 rings (SSSR count). The molecule has 1 unspecified atom stereocenters. The van der Waals surface area contributed by atoms with Crippen LogP contribution < -0.4 is 24.3 Å². The van der Waals surface area contributed by atoms with E-state index in [4.69, 9.17) is 23.7 Å². The number of aryl methyl sites for hydroxylation is 2. The van der Waals surface area contributed by atoms with Crippen LogP contribution in [-0.2, 0) is 21.3 Å². The molecule has 6 aromatic rings. The number of aliphatic hydroxyl groups excluding tert-OH is 1. The van der Waals surface area contributed by atoms with Crippen LogP contribution in [0.25, 0.3) is 21.8 Å². The Morgan fingerprint density at radius 2 is 1.64 bits per heavy atom. The Hall–Kier alpha value is -5.57. The van der Waals surface area contributed by atoms with Crippen LogP contribution >= 0.6 is 0 Å². The molecule has 13 nitrogen and oxygen atoms in total. The predicted octanol–water partition coefficient (Wildman–Crippen LogP) is 7.32. The minimum absolute atomic E-state index is 0.0355. The van der Waals surface area contributed by atoms with Crippen LogP contribution in [0.1, 0.15) is 52.5 Å². The van der Waals surface area contributed by atoms with Gasteiger partial charge in [-0.3, -0.25) is 19.0 Å². The van der Waals surface area contributed by atoms with E-state index in [0.717, 1.165) is 50.8 Å². The minimum Gasteiger partial charge on any atom is -0.496 e. The standard InChI is InChI=1S/C42H47N5O8S/c1-6-7-38(49)32-11-10-31-33(23-43-24-39(31)55-15-14-48)40(32)45-34-12-8-29(20-26(34)2)53-18-16-52-17-19-54-30-9-13-35-36(21-30)47-42(46-35)56(50)25-37-28(4)41(51-5)27(3)22-44-37/h8-13,20-24,45,48H,6-7,14-19,25H2,1-5H3,(H,46,47). The van der Waals surface area contributed by atoms with Gasteiger partial charge >= 0.3 is 0 Å². The van der Waals surface area contributed by atoms with Gasteiger partial charge in [0, 0.05) is 58.0 Å². The lowest BCUT2D eigenvalue weighted by Gasteiger charge is -2.18. The van der Waals surface area contributed by atoms with Crippen molar-refractivity contribution in [2.75, 3.05) is 52.1 Å². The molecule has 0 saturated heterocycles. The highest BCUT2D eigenvalue weighted by molar-refractivity contribution is 7.84. The zero-order chi connectivity index (χ0) is 39.6. The first kappa shape index (κ1) is 40.1. The third kappa shape index (κ3) is 9.44. The Morgan fingerprint density at radius 3 is 2.38 bits per heavy atom. The van der Waals surface area contributed by atoms with Crippen molar-refractivity contribution in [3.8, 4) is 23.0 Å². The van der Waals surface area contributed by atoms with Gasteiger partial charge in [-0.15, -0.1) is 0 Å². The number of methoxy groups -OCH3 is 1. The summed E-state index contributed by atoms with van der Waals surface area (Å²) in [5.74, 6) is 2.86. The van der Waals surface area contributed by atoms with Crippen LogP contribution in [0.15, 0.2) is 72.3 Å². The predicted molar refractivity (Wildman–Crippen MR) is 216 cm³/mol. The molecule has 294 valence electrons. The van der Waals surface area contributed by atoms with Crippen LogP contribution in [-0.4, -0.2) is 81.8 Å². The second-order valence-electron chi connectivity index (χ2n) is 13.1. The van der Waals surface area contributed by atoms with Crippen molar-refractivity contribution < 1.29 is 37.8 Å². The number of nitrogens with zero attached hydrogens (tertiary/aromatic N) is 3. The SMILES string of the molecule is CCCC(=O)c1ccc2c(OCCO)cncc2c1Nc1ccc(OCCOCCOc2ccc3nc(S(=O)Cc4ncc(C)c(OC)c4C)[nH]c3c2)cc1C. The summed E-state index contributed by atoms with van der Waals surface area (Å²) in [6.45, 7) is 9.22. The first-order valence-corrected chi connectivity index (χ1v) is 19.8. The molecular weight excluding hydrogens is 735 g/mol. The molecule has 3 N–H and O–H groups in total. The Labute approximate surface area is 328 Å². The molecule has 0 radical (unpaired) electrons. The lowest BCUT2D eigenvalue weighted by atomic mass is 9.99. The topological polar surface area (TPSA) is 167 Å². The smallest absolute Gasteiger partial charge is 0.197 e. The van der Waals surface area contributed by atoms with Crippen LogP contribution in [0.2, 0.25) is 0 Å². The van der Waals surface area contributed by atoms with Crippen LogP contribution in [0, 0.1) is 20.8 Å². The third-order valence-electron chi connectivity index (χ3n) is 9.15. The summed E-state index contributed by atoms with van der Waals surface area (Å²) in [6.07, 6.45) is 6.21. The lowest BCUT2D eigenvalue weighted by Crippen LogP contribution is -2.12. The summed E-state index contributed by atoms with van der Waals surface area (Å²) < 4.78 is 42.0. The van der Waals surface area contributed by atoms with Crippen molar-refractivity contribution in [1.82, 2.24) is 19.9 Å². The Kier molecular flexibility index (Phi) is 13.5. The summed E-state index contributed by atoms with van der Waals surface area (Å²) in [5.41, 5.74) is 6.89. The van der Waals surface area contributed by atoms with Crippen LogP contribution in [0.5, 0.6) is 23.0 Å². The zero-order valence-electron chi connectivity index (χ0n) is 32.3. The van der Waals surface area contributed by atoms with E-state index in [0.29, 0.717) is 77.7 Å². The van der Waals surface area contributed by atoms with E-state index in [1.807, 2.05) is 76.2 Å². The monoisotopic (exact) mass is 781 g/mol. The van der Waals surface area contributed by atoms with E-state index in [2.05, 4.69) is 25.3 Å². The van der Waals surface area contributed by atoms with Gasteiger partial charge in [0.15, 0.2) is 10.9 Å². The lowest BCUT2D eigenvalue weighted by molar-refractivity contribution is 0.0764. The number of hydrogen-bond acceptors (Lipinski definition) is 12. The number of carbonyl (C=O) groups excluding carboxylic acids is 1. The van der Waals surface area contributed by atoms with Gasteiger partial charge in [0.2, 0.25) is 0 Å². The van der Waals surface area contributed by atoms with Gasteiger partial charge in [0.05, 0.1) is 72.1 Å². The number of aromatic nitrogens is 4. The van der Waals surface area contributed by atoms with Gasteiger partial charge in [-0.05, 0) is 75.2 Å². The number of pyridine rings is 2. The summed E-state index contributed by atoms with van der Waals surface area (Å²) in [6, 6.07) is 14.9. The summed E-state index contributed by atoms with van der Waals surface area (Å²) in [4.78, 5) is 29.6. The van der Waals surface area contributed by atoms with Gasteiger partial charge in [-0.2, -0.15) is 0 Å². The van der Waals surface area contributed by atoms with Crippen molar-refractivity contribution in [2.24, 2.45) is 0 Å². The molecule has 0 fully saturated rings. The van der Waals surface area contributed by atoms with Gasteiger partial charge < -0.3 is 39.1 Å². The van der Waals surface area contributed by atoms with Crippen molar-refractivity contribution in [2.45, 2.75) is 51.4 Å². The van der Waals surface area contributed by atoms with Crippen LogP contribution in [0.3, 0.4) is 0 Å². The number of ether oxygens (including phenoxy) is 5. The number of hydrogen-bond donors (Lipinski definition) is 3. The molecule has 0 aliphatic heterocycles. The number of aliphatic hydroxyl groups is 1. The molecule has 3 aromatic heterocycles. The quantitative estimate of drug-likeness (QED) is 0.0523. The van der Waals surface area contributed by atoms with E-state index >= 15 is 0 Å². The molecule has 0 amide bonds. The van der Waals surface area contributed by atoms with E-state index in [1.54, 1.807) is 25.7 Å². The average molecular weight is 782 g/mol. The van der Waals surface area contributed by atoms with Crippen molar-refractivity contribution in [1.29, 1.82) is 0 Å². The fourth-order valence-corrected chi connectivity index (χ4v) is 7.43. The molecule has 56 heavy (non-hydrogen) atoms. The number of Topliss-reactive ketones (excluding diaryl/α,β-unsaturated/α-hetero) is 1. The molecular formula is C42H47N5O8S. The highest BCUT2D eigenvalue weighted by atomic mass is 32.2. The number of fused-ring (bicyclic) bond motifs is 2. The fourth-order valence-electron chi connectivity index (χ4n) is 6.33. The van der Waals surface area contributed by atoms with Crippen LogP contribution in [0.4, 0.5) is 11.4 Å². The average Bonchev–Trinajstić information content (AvgIpc) is 3.63. The van der Waals surface area contributed by atoms with Gasteiger partial charge in [-0.1, -0.05) is 6.92 Å². The summed E-state index contributed by atoms with van der Waals surface area (Å²) in [5, 5.41) is 14.7. The number of rotatable bonds is 20. The number of benzene rings is 3. The number of anilines is 2. The van der Waals surface area contributed by atoms with Crippen molar-refractivity contribution in [3.05, 3.63) is 95.1 Å². The van der Waals surface area contributed by atoms with E-state index < -0.39 is 10.8 Å². The molecule has 1 atom stereocenters. The highest BCUT2D eigenvalue weighted by Gasteiger charge is 2.19. The molecule has 0 spiro atoms. The number of imidazole rings is 1. The minimum atomic E-state index is -1.43. The maximum Gasteiger partial charge on any atom is 0.197 e. The maximum atomic E-state index is 13.2. The second kappa shape index (κ2) is 18.8. The second-order valence-corrected chi connectivity index (χ2v) is 14.5. The Bertz CT molecular complexity index is 2350. The zero-order valence-corrected chi connectivity index (χ0v) is 33.1. The summed E-state index contributed by atoms with van der Waals surface area (Å²) >= 11 is 0. The van der Waals surface area contributed by atoms with Crippen molar-refractivity contribution in [3.63, 3.8) is 0 Å². The maximum absolute atomic E-state index is 13.2. The molecule has 14 heteroatoms. The Balaban J connectivity index is 0.988. The molecule has 3 heterocycles. The van der Waals surface area contributed by atoms with Gasteiger partial charge in [0.1, 0.15) is 42.8 Å². The normalized spacial score (nSPS) is 11.8. The number of aromatic amines is 1. The third-order valence-corrected chi connectivity index (χ3v) is 10.3. The first-order chi connectivity index (χ1) is 27.2. The molecule has 0 aliphatic carbocycles. The summed E-state index contributed by atoms with van der Waals surface area (Å²) in [7, 11) is 0.189. The van der Waals surface area contributed by atoms with Gasteiger partial charge in [-0.25, -0.2) is 4.98 Å². The number of H-pyrrole nitrogens is 1. The van der Waals surface area contributed by atoms with Crippen molar-refractivity contribution >= 4 is 49.8 Å². The fraction of sp³-hybridized carbons (Fsp3) is 0.333. The molecule has 0 aliphatic rings. The largest absolute Gasteiger partial charge is 0.496 e.